The molecule has 2 fully saturated rings. The first-order valence-electron chi connectivity index (χ1n) is 10.3. The van der Waals surface area contributed by atoms with Crippen LogP contribution in [-0.2, 0) is 14.4 Å². The predicted octanol–water partition coefficient (Wildman–Crippen LogP) is 4.61. The molecule has 33 heavy (non-hydrogen) atoms. The normalized spacial score (nSPS) is 22.1. The van der Waals surface area contributed by atoms with Crippen molar-refractivity contribution in [1.29, 1.82) is 0 Å². The lowest BCUT2D eigenvalue weighted by Gasteiger charge is -2.28. The molecule has 0 aliphatic carbocycles. The van der Waals surface area contributed by atoms with E-state index in [9.17, 15) is 19.7 Å². The maximum atomic E-state index is 13.5. The summed E-state index contributed by atoms with van der Waals surface area (Å²) in [5.41, 5.74) is 2.49. The molecule has 0 unspecified atom stereocenters. The summed E-state index contributed by atoms with van der Waals surface area (Å²) >= 11 is 5.96. The average Bonchev–Trinajstić information content (AvgIpc) is 3.31. The number of hydrogen-bond donors (Lipinski definition) is 0. The molecule has 0 aromatic heterocycles. The Morgan fingerprint density at radius 1 is 0.939 bits per heavy atom. The molecule has 3 aromatic carbocycles. The van der Waals surface area contributed by atoms with Gasteiger partial charge in [-0.2, -0.15) is 0 Å². The van der Waals surface area contributed by atoms with E-state index in [1.54, 1.807) is 36.4 Å². The summed E-state index contributed by atoms with van der Waals surface area (Å²) in [6, 6.07) is 19.3. The molecule has 8 nitrogen and oxygen atoms in total. The summed E-state index contributed by atoms with van der Waals surface area (Å²) in [7, 11) is 0. The zero-order chi connectivity index (χ0) is 23.3. The number of nitro benzene ring substituents is 1. The Kier molecular flexibility index (Phi) is 5.11. The van der Waals surface area contributed by atoms with E-state index in [1.807, 2.05) is 31.2 Å². The SMILES string of the molecule is Cc1ccc([C@@H]2[C@H]3C(=O)N(c4ccc(Cl)cc4)C(=O)[C@H]3ON2c2cccc([N+](=O)[O-])c2)cc1. The van der Waals surface area contributed by atoms with Gasteiger partial charge in [0.25, 0.3) is 11.6 Å². The molecule has 0 N–H and O–H groups in total. The summed E-state index contributed by atoms with van der Waals surface area (Å²) in [5.74, 6) is -1.71. The number of carbonyl (C=O) groups is 2. The zero-order valence-electron chi connectivity index (χ0n) is 17.4. The third-order valence-electron chi connectivity index (χ3n) is 5.91. The number of nitro groups is 1. The van der Waals surface area contributed by atoms with Crippen molar-refractivity contribution in [2.75, 3.05) is 9.96 Å². The topological polar surface area (TPSA) is 93.0 Å². The van der Waals surface area contributed by atoms with Crippen molar-refractivity contribution in [2.45, 2.75) is 19.1 Å². The van der Waals surface area contributed by atoms with E-state index in [4.69, 9.17) is 16.4 Å². The van der Waals surface area contributed by atoms with Crippen molar-refractivity contribution in [3.63, 3.8) is 0 Å². The fourth-order valence-electron chi connectivity index (χ4n) is 4.33. The number of fused-ring (bicyclic) bond motifs is 1. The van der Waals surface area contributed by atoms with Crippen molar-refractivity contribution in [2.24, 2.45) is 5.92 Å². The van der Waals surface area contributed by atoms with Gasteiger partial charge < -0.3 is 0 Å². The molecule has 3 aromatic rings. The van der Waals surface area contributed by atoms with Crippen LogP contribution in [0.5, 0.6) is 0 Å². The maximum Gasteiger partial charge on any atom is 0.271 e. The first-order chi connectivity index (χ1) is 15.8. The third kappa shape index (κ3) is 3.53. The van der Waals surface area contributed by atoms with Crippen molar-refractivity contribution >= 4 is 40.5 Å². The Hall–Kier alpha value is -3.75. The quantitative estimate of drug-likeness (QED) is 0.319. The molecular weight excluding hydrogens is 446 g/mol. The Morgan fingerprint density at radius 3 is 2.30 bits per heavy atom. The first-order valence-corrected chi connectivity index (χ1v) is 10.6. The monoisotopic (exact) mass is 463 g/mol. The van der Waals surface area contributed by atoms with Crippen molar-refractivity contribution < 1.29 is 19.3 Å². The summed E-state index contributed by atoms with van der Waals surface area (Å²) in [6.07, 6.45) is -1.06. The summed E-state index contributed by atoms with van der Waals surface area (Å²) in [6.45, 7) is 1.95. The number of imide groups is 1. The minimum absolute atomic E-state index is 0.115. The van der Waals surface area contributed by atoms with Crippen LogP contribution >= 0.6 is 11.6 Å². The van der Waals surface area contributed by atoms with E-state index in [0.717, 1.165) is 16.0 Å². The zero-order valence-corrected chi connectivity index (χ0v) is 18.2. The van der Waals surface area contributed by atoms with Gasteiger partial charge in [0.1, 0.15) is 5.92 Å². The molecule has 0 radical (unpaired) electrons. The predicted molar refractivity (Wildman–Crippen MR) is 122 cm³/mol. The number of hydrogen-bond acceptors (Lipinski definition) is 6. The number of amides is 2. The molecule has 3 atom stereocenters. The lowest BCUT2D eigenvalue weighted by molar-refractivity contribution is -0.384. The molecule has 9 heteroatoms. The number of rotatable bonds is 4. The minimum atomic E-state index is -1.06. The largest absolute Gasteiger partial charge is 0.273 e. The van der Waals surface area contributed by atoms with E-state index in [-0.39, 0.29) is 5.69 Å². The molecule has 2 heterocycles. The van der Waals surface area contributed by atoms with Gasteiger partial charge in [-0.15, -0.1) is 0 Å². The number of carbonyl (C=O) groups excluding carboxylic acids is 2. The summed E-state index contributed by atoms with van der Waals surface area (Å²) in [4.78, 5) is 44.8. The molecule has 5 rings (SSSR count). The highest BCUT2D eigenvalue weighted by Crippen LogP contribution is 2.48. The van der Waals surface area contributed by atoms with Gasteiger partial charge in [0.15, 0.2) is 6.10 Å². The van der Waals surface area contributed by atoms with Crippen LogP contribution in [-0.4, -0.2) is 22.8 Å². The molecule has 0 saturated carbocycles. The highest BCUT2D eigenvalue weighted by Gasteiger charge is 2.60. The molecule has 166 valence electrons. The minimum Gasteiger partial charge on any atom is -0.273 e. The Balaban J connectivity index is 1.59. The van der Waals surface area contributed by atoms with Gasteiger partial charge in [-0.1, -0.05) is 47.5 Å². The lowest BCUT2D eigenvalue weighted by Crippen LogP contribution is -2.37. The average molecular weight is 464 g/mol. The maximum absolute atomic E-state index is 13.5. The van der Waals surface area contributed by atoms with E-state index in [2.05, 4.69) is 0 Å². The molecule has 0 bridgehead atoms. The first kappa shape index (κ1) is 21.1. The van der Waals surface area contributed by atoms with Gasteiger partial charge in [0.2, 0.25) is 5.91 Å². The number of halogens is 1. The number of benzene rings is 3. The molecule has 2 aliphatic heterocycles. The smallest absolute Gasteiger partial charge is 0.271 e. The van der Waals surface area contributed by atoms with Gasteiger partial charge in [-0.25, -0.2) is 9.96 Å². The van der Waals surface area contributed by atoms with Crippen LogP contribution in [0.15, 0.2) is 72.8 Å². The lowest BCUT2D eigenvalue weighted by atomic mass is 9.90. The summed E-state index contributed by atoms with van der Waals surface area (Å²) in [5, 5.41) is 13.2. The number of non-ortho nitro benzene ring substituents is 1. The van der Waals surface area contributed by atoms with Crippen LogP contribution in [0.3, 0.4) is 0 Å². The van der Waals surface area contributed by atoms with E-state index < -0.39 is 34.8 Å². The Morgan fingerprint density at radius 2 is 1.64 bits per heavy atom. The molecule has 2 aliphatic rings. The molecule has 2 amide bonds. The molecular formula is C24H18ClN3O5. The fraction of sp³-hybridized carbons (Fsp3) is 0.167. The van der Waals surface area contributed by atoms with Crippen LogP contribution in [0.4, 0.5) is 17.1 Å². The van der Waals surface area contributed by atoms with Crippen molar-refractivity contribution in [3.8, 4) is 0 Å². The number of aryl methyl sites for hydroxylation is 1. The van der Waals surface area contributed by atoms with Gasteiger partial charge in [-0.05, 0) is 42.8 Å². The number of nitrogens with zero attached hydrogens (tertiary/aromatic N) is 3. The molecule has 2 saturated heterocycles. The second-order valence-electron chi connectivity index (χ2n) is 8.00. The third-order valence-corrected chi connectivity index (χ3v) is 6.17. The van der Waals surface area contributed by atoms with Crippen molar-refractivity contribution in [1.82, 2.24) is 0 Å². The fourth-order valence-corrected chi connectivity index (χ4v) is 4.46. The number of hydroxylamine groups is 1. The van der Waals surface area contributed by atoms with Crippen molar-refractivity contribution in [3.05, 3.63) is 99.1 Å². The Bertz CT molecular complexity index is 1260. The van der Waals surface area contributed by atoms with Crippen LogP contribution in [0.25, 0.3) is 0 Å². The van der Waals surface area contributed by atoms with Crippen LogP contribution in [0, 0.1) is 23.0 Å². The summed E-state index contributed by atoms with van der Waals surface area (Å²) < 4.78 is 0. The van der Waals surface area contributed by atoms with Gasteiger partial charge >= 0.3 is 0 Å². The van der Waals surface area contributed by atoms with E-state index in [1.165, 1.54) is 17.2 Å². The highest BCUT2D eigenvalue weighted by molar-refractivity contribution is 6.31. The Labute approximate surface area is 194 Å². The van der Waals surface area contributed by atoms with Gasteiger partial charge in [0, 0.05) is 17.2 Å². The second kappa shape index (κ2) is 7.99. The van der Waals surface area contributed by atoms with E-state index >= 15 is 0 Å². The standard InChI is InChI=1S/C24H18ClN3O5/c1-14-5-7-15(8-6-14)21-20-22(33-27(21)18-3-2-4-19(13-18)28(31)32)24(30)26(23(20)29)17-11-9-16(25)10-12-17/h2-13,20-22H,1H3/t20-,21-,22+/m1/s1. The van der Waals surface area contributed by atoms with Gasteiger partial charge in [-0.3, -0.25) is 24.5 Å². The van der Waals surface area contributed by atoms with Crippen LogP contribution in [0.2, 0.25) is 5.02 Å². The van der Waals surface area contributed by atoms with Crippen LogP contribution in [0.1, 0.15) is 17.2 Å². The number of anilines is 2. The van der Waals surface area contributed by atoms with Gasteiger partial charge in [0.05, 0.1) is 22.3 Å². The highest BCUT2D eigenvalue weighted by atomic mass is 35.5. The second-order valence-corrected chi connectivity index (χ2v) is 8.43. The molecule has 0 spiro atoms. The van der Waals surface area contributed by atoms with E-state index in [0.29, 0.717) is 16.4 Å². The van der Waals surface area contributed by atoms with Crippen LogP contribution < -0.4 is 9.96 Å².